The number of carbonyl (C=O) groups is 4. The second kappa shape index (κ2) is 5.42. The van der Waals surface area contributed by atoms with E-state index in [9.17, 15) is 19.2 Å². The maximum absolute atomic E-state index is 12.1. The van der Waals surface area contributed by atoms with Gasteiger partial charge in [-0.1, -0.05) is 6.07 Å². The van der Waals surface area contributed by atoms with Gasteiger partial charge in [-0.3, -0.25) is 24.1 Å². The number of hydrogen-bond donors (Lipinski definition) is 2. The normalized spacial score (nSPS) is 12.8. The molecule has 0 unspecified atom stereocenters. The van der Waals surface area contributed by atoms with Crippen molar-refractivity contribution in [1.82, 2.24) is 4.90 Å². The molecule has 0 saturated carbocycles. The maximum atomic E-state index is 12.1. The van der Waals surface area contributed by atoms with Crippen molar-refractivity contribution in [2.45, 2.75) is 6.42 Å². The number of carboxylic acids is 1. The Hall–Kier alpha value is -3.21. The van der Waals surface area contributed by atoms with Crippen LogP contribution in [-0.4, -0.2) is 40.2 Å². The van der Waals surface area contributed by atoms with E-state index in [1.54, 1.807) is 6.07 Å². The van der Waals surface area contributed by atoms with Crippen molar-refractivity contribution in [3.05, 3.63) is 29.3 Å². The fourth-order valence-corrected chi connectivity index (χ4v) is 1.98. The van der Waals surface area contributed by atoms with Crippen LogP contribution >= 0.6 is 0 Å². The first kappa shape index (κ1) is 14.2. The lowest BCUT2D eigenvalue weighted by atomic mass is 10.1. The molecule has 0 atom stereocenters. The molecule has 3 amide bonds. The van der Waals surface area contributed by atoms with Crippen molar-refractivity contribution in [3.63, 3.8) is 0 Å². The van der Waals surface area contributed by atoms with Crippen molar-refractivity contribution in [3.8, 4) is 6.07 Å². The van der Waals surface area contributed by atoms with Crippen LogP contribution in [0.2, 0.25) is 0 Å². The van der Waals surface area contributed by atoms with Gasteiger partial charge in [-0.15, -0.1) is 0 Å². The van der Waals surface area contributed by atoms with Crippen LogP contribution in [0.25, 0.3) is 0 Å². The number of carboxylic acid groups (broad SMARTS) is 1. The Labute approximate surface area is 118 Å². The molecule has 8 nitrogen and oxygen atoms in total. The number of anilines is 1. The number of carbonyl (C=O) groups excluding carboxylic acids is 3. The van der Waals surface area contributed by atoms with Gasteiger partial charge in [0, 0.05) is 0 Å². The summed E-state index contributed by atoms with van der Waals surface area (Å²) in [6, 6.07) is 5.89. The first-order valence-electron chi connectivity index (χ1n) is 5.83. The van der Waals surface area contributed by atoms with Gasteiger partial charge >= 0.3 is 5.97 Å². The molecule has 0 spiro atoms. The monoisotopic (exact) mass is 287 g/mol. The number of amides is 3. The third kappa shape index (κ3) is 2.57. The molecule has 2 N–H and O–H groups in total. The van der Waals surface area contributed by atoms with E-state index in [1.807, 2.05) is 0 Å². The summed E-state index contributed by atoms with van der Waals surface area (Å²) < 4.78 is 0. The molecule has 1 aromatic rings. The zero-order valence-corrected chi connectivity index (χ0v) is 10.6. The van der Waals surface area contributed by atoms with E-state index in [0.29, 0.717) is 4.90 Å². The second-order valence-electron chi connectivity index (χ2n) is 4.20. The van der Waals surface area contributed by atoms with E-state index < -0.39 is 36.7 Å². The number of nitrogens with one attached hydrogen (secondary N) is 1. The number of aliphatic carboxylic acids is 1. The van der Waals surface area contributed by atoms with E-state index in [4.69, 9.17) is 10.4 Å². The maximum Gasteiger partial charge on any atom is 0.323 e. The van der Waals surface area contributed by atoms with Gasteiger partial charge in [-0.25, -0.2) is 0 Å². The van der Waals surface area contributed by atoms with Crippen LogP contribution in [0.5, 0.6) is 0 Å². The highest BCUT2D eigenvalue weighted by molar-refractivity contribution is 6.25. The molecule has 106 valence electrons. The molecular formula is C13H9N3O5. The van der Waals surface area contributed by atoms with Crippen LogP contribution in [0.15, 0.2) is 18.2 Å². The molecule has 0 aromatic heterocycles. The molecular weight excluding hydrogens is 278 g/mol. The van der Waals surface area contributed by atoms with E-state index in [2.05, 4.69) is 5.32 Å². The van der Waals surface area contributed by atoms with Crippen LogP contribution in [0.1, 0.15) is 27.1 Å². The summed E-state index contributed by atoms with van der Waals surface area (Å²) in [6.07, 6.45) is -0.398. The highest BCUT2D eigenvalue weighted by Crippen LogP contribution is 2.29. The molecule has 0 bridgehead atoms. The molecule has 1 aliphatic heterocycles. The summed E-state index contributed by atoms with van der Waals surface area (Å²) in [5.41, 5.74) is 0.0463. The SMILES string of the molecule is N#CCC(=O)Nc1cccc2c1C(=O)N(CC(=O)O)C2=O. The number of benzene rings is 1. The van der Waals surface area contributed by atoms with Gasteiger partial charge < -0.3 is 10.4 Å². The fourth-order valence-electron chi connectivity index (χ4n) is 1.98. The summed E-state index contributed by atoms with van der Waals surface area (Å²) in [5, 5.41) is 19.5. The molecule has 1 heterocycles. The molecule has 21 heavy (non-hydrogen) atoms. The molecule has 0 aliphatic carbocycles. The van der Waals surface area contributed by atoms with Crippen LogP contribution in [0.4, 0.5) is 5.69 Å². The molecule has 1 aromatic carbocycles. The summed E-state index contributed by atoms with van der Waals surface area (Å²) >= 11 is 0. The number of imide groups is 1. The Balaban J connectivity index is 2.38. The lowest BCUT2D eigenvalue weighted by Crippen LogP contribution is -2.34. The number of nitrogens with zero attached hydrogens (tertiary/aromatic N) is 2. The van der Waals surface area contributed by atoms with Gasteiger partial charge in [0.25, 0.3) is 11.8 Å². The fraction of sp³-hybridized carbons (Fsp3) is 0.154. The van der Waals surface area contributed by atoms with Crippen molar-refractivity contribution in [2.75, 3.05) is 11.9 Å². The lowest BCUT2D eigenvalue weighted by molar-refractivity contribution is -0.137. The number of nitriles is 1. The van der Waals surface area contributed by atoms with Crippen LogP contribution in [0, 0.1) is 11.3 Å². The third-order valence-corrected chi connectivity index (χ3v) is 2.81. The smallest absolute Gasteiger partial charge is 0.323 e. The van der Waals surface area contributed by atoms with Gasteiger partial charge in [0.2, 0.25) is 5.91 Å². The minimum atomic E-state index is -1.32. The lowest BCUT2D eigenvalue weighted by Gasteiger charge is -2.10. The van der Waals surface area contributed by atoms with Gasteiger partial charge in [-0.2, -0.15) is 5.26 Å². The molecule has 1 aliphatic rings. The van der Waals surface area contributed by atoms with Crippen LogP contribution in [-0.2, 0) is 9.59 Å². The molecule has 8 heteroatoms. The summed E-state index contributed by atoms with van der Waals surface area (Å²) in [7, 11) is 0. The second-order valence-corrected chi connectivity index (χ2v) is 4.20. The number of rotatable bonds is 4. The zero-order chi connectivity index (χ0) is 15.6. The number of hydrogen-bond acceptors (Lipinski definition) is 5. The first-order chi connectivity index (χ1) is 9.95. The summed E-state index contributed by atoms with van der Waals surface area (Å²) in [5.74, 6) is -3.46. The molecule has 0 saturated heterocycles. The highest BCUT2D eigenvalue weighted by Gasteiger charge is 2.38. The topological polar surface area (TPSA) is 128 Å². The van der Waals surface area contributed by atoms with Crippen molar-refractivity contribution < 1.29 is 24.3 Å². The minimum Gasteiger partial charge on any atom is -0.480 e. The zero-order valence-electron chi connectivity index (χ0n) is 10.6. The first-order valence-corrected chi connectivity index (χ1v) is 5.83. The van der Waals surface area contributed by atoms with Crippen molar-refractivity contribution in [1.29, 1.82) is 5.26 Å². The van der Waals surface area contributed by atoms with Crippen molar-refractivity contribution in [2.24, 2.45) is 0 Å². The summed E-state index contributed by atoms with van der Waals surface area (Å²) in [4.78, 5) is 46.8. The average molecular weight is 287 g/mol. The van der Waals surface area contributed by atoms with Gasteiger partial charge in [0.05, 0.1) is 22.9 Å². The minimum absolute atomic E-state index is 0.0241. The quantitative estimate of drug-likeness (QED) is 0.762. The van der Waals surface area contributed by atoms with E-state index >= 15 is 0 Å². The Morgan fingerprint density at radius 1 is 1.29 bits per heavy atom. The average Bonchev–Trinajstić information content (AvgIpc) is 2.65. The van der Waals surface area contributed by atoms with Gasteiger partial charge in [0.1, 0.15) is 13.0 Å². The Morgan fingerprint density at radius 3 is 2.62 bits per heavy atom. The Kier molecular flexibility index (Phi) is 3.67. The highest BCUT2D eigenvalue weighted by atomic mass is 16.4. The Morgan fingerprint density at radius 2 is 2.00 bits per heavy atom. The predicted molar refractivity (Wildman–Crippen MR) is 68.3 cm³/mol. The van der Waals surface area contributed by atoms with Crippen LogP contribution < -0.4 is 5.32 Å². The van der Waals surface area contributed by atoms with Gasteiger partial charge in [-0.05, 0) is 12.1 Å². The third-order valence-electron chi connectivity index (χ3n) is 2.81. The molecule has 0 radical (unpaired) electrons. The van der Waals surface area contributed by atoms with Crippen molar-refractivity contribution >= 4 is 29.4 Å². The summed E-state index contributed by atoms with van der Waals surface area (Å²) in [6.45, 7) is -0.752. The van der Waals surface area contributed by atoms with E-state index in [-0.39, 0.29) is 16.8 Å². The molecule has 2 rings (SSSR count). The van der Waals surface area contributed by atoms with Crippen LogP contribution in [0.3, 0.4) is 0 Å². The Bertz CT molecular complexity index is 704. The van der Waals surface area contributed by atoms with E-state index in [1.165, 1.54) is 18.2 Å². The largest absolute Gasteiger partial charge is 0.480 e. The molecule has 0 fully saturated rings. The standard InChI is InChI=1S/C13H9N3O5/c14-5-4-9(17)15-8-3-1-2-7-11(8)13(21)16(12(7)20)6-10(18)19/h1-3H,4,6H2,(H,15,17)(H,18,19). The van der Waals surface area contributed by atoms with E-state index in [0.717, 1.165) is 0 Å². The van der Waals surface area contributed by atoms with Gasteiger partial charge in [0.15, 0.2) is 0 Å². The number of fused-ring (bicyclic) bond motifs is 1. The predicted octanol–water partition coefficient (Wildman–Crippen LogP) is 0.219.